The number of hydrogen-bond acceptors (Lipinski definition) is 2. The Hall–Kier alpha value is -0.469. The van der Waals surface area contributed by atoms with Gasteiger partial charge in [0.2, 0.25) is 0 Å². The van der Waals surface area contributed by atoms with Gasteiger partial charge in [-0.05, 0) is 106 Å². The molecule has 3 aromatic carbocycles. The van der Waals surface area contributed by atoms with Crippen molar-refractivity contribution in [3.63, 3.8) is 0 Å². The van der Waals surface area contributed by atoms with E-state index in [1.54, 1.807) is 0 Å². The molecule has 9 heteroatoms. The summed E-state index contributed by atoms with van der Waals surface area (Å²) in [5.74, 6) is 0. The zero-order valence-electron chi connectivity index (χ0n) is 20.7. The average Bonchev–Trinajstić information content (AvgIpc) is 2.69. The van der Waals surface area contributed by atoms with Crippen molar-refractivity contribution in [2.24, 2.45) is 0 Å². The van der Waals surface area contributed by atoms with Crippen LogP contribution in [0.5, 0.6) is 0 Å². The molecule has 3 rings (SSSR count). The molecule has 0 saturated heterocycles. The van der Waals surface area contributed by atoms with E-state index >= 15 is 0 Å². The van der Waals surface area contributed by atoms with Gasteiger partial charge in [0.25, 0.3) is 0 Å². The Morgan fingerprint density at radius 3 is 1.32 bits per heavy atom. The summed E-state index contributed by atoms with van der Waals surface area (Å²) in [5.41, 5.74) is 0. The molecule has 0 amide bonds. The van der Waals surface area contributed by atoms with Crippen LogP contribution in [0, 0.1) is 0 Å². The Kier molecular flexibility index (Phi) is 8.99. The van der Waals surface area contributed by atoms with E-state index in [1.165, 1.54) is 15.9 Å². The SMILES string of the molecule is C[Si](C)(C)O[Si](C)(O[Si](C)(C)C)c1cc(Cl)ccc1P(c1ccc(Cl)cc1)c1ccc(Cl)cc1. The van der Waals surface area contributed by atoms with Gasteiger partial charge in [0, 0.05) is 20.3 Å². The topological polar surface area (TPSA) is 18.5 Å². The van der Waals surface area contributed by atoms with Crippen LogP contribution in [-0.4, -0.2) is 25.2 Å². The predicted molar refractivity (Wildman–Crippen MR) is 160 cm³/mol. The first-order chi connectivity index (χ1) is 15.7. The second-order valence-electron chi connectivity index (χ2n) is 10.3. The smallest absolute Gasteiger partial charge is 0.349 e. The molecular weight excluding hydrogens is 554 g/mol. The van der Waals surface area contributed by atoms with E-state index in [2.05, 4.69) is 82.2 Å². The van der Waals surface area contributed by atoms with Gasteiger partial charge < -0.3 is 8.23 Å². The normalized spacial score (nSPS) is 12.9. The summed E-state index contributed by atoms with van der Waals surface area (Å²) in [6.45, 7) is 15.5. The summed E-state index contributed by atoms with van der Waals surface area (Å²) in [4.78, 5) is 0. The van der Waals surface area contributed by atoms with Gasteiger partial charge in [0.15, 0.2) is 16.6 Å². The second-order valence-corrected chi connectivity index (χ2v) is 26.3. The minimum Gasteiger partial charge on any atom is -0.433 e. The average molecular weight is 586 g/mol. The molecule has 0 aliphatic heterocycles. The lowest BCUT2D eigenvalue weighted by atomic mass is 10.3. The standard InChI is InChI=1S/C25H32Cl3O2PSi3/c1-32(2,3)29-34(7,30-33(4,5)6)25-18-21(28)12-17-24(25)31(22-13-8-19(26)9-14-22)23-15-10-20(27)11-16-23/h8-18H,1-7H3. The molecule has 34 heavy (non-hydrogen) atoms. The number of rotatable bonds is 8. The number of benzene rings is 3. The van der Waals surface area contributed by atoms with Crippen LogP contribution in [0.25, 0.3) is 0 Å². The van der Waals surface area contributed by atoms with Gasteiger partial charge in [-0.15, -0.1) is 0 Å². The first-order valence-corrected chi connectivity index (χ1v) is 22.8. The van der Waals surface area contributed by atoms with Crippen LogP contribution in [-0.2, 0) is 8.23 Å². The minimum atomic E-state index is -2.82. The van der Waals surface area contributed by atoms with Gasteiger partial charge in [0.05, 0.1) is 0 Å². The van der Waals surface area contributed by atoms with Crippen LogP contribution in [0.2, 0.25) is 60.9 Å². The summed E-state index contributed by atoms with van der Waals surface area (Å²) in [6, 6.07) is 22.4. The quantitative estimate of drug-likeness (QED) is 0.203. The molecule has 182 valence electrons. The Morgan fingerprint density at radius 1 is 0.559 bits per heavy atom. The fourth-order valence-corrected chi connectivity index (χ4v) is 19.4. The summed E-state index contributed by atoms with van der Waals surface area (Å²) in [6.07, 6.45) is 0. The molecule has 0 N–H and O–H groups in total. The molecule has 0 unspecified atom stereocenters. The zero-order chi connectivity index (χ0) is 25.3. The van der Waals surface area contributed by atoms with Crippen molar-refractivity contribution in [3.05, 3.63) is 81.8 Å². The first kappa shape index (κ1) is 28.1. The molecule has 0 atom stereocenters. The van der Waals surface area contributed by atoms with Gasteiger partial charge in [0.1, 0.15) is 0 Å². The molecule has 0 aliphatic rings. The van der Waals surface area contributed by atoms with E-state index < -0.39 is 33.1 Å². The predicted octanol–water partition coefficient (Wildman–Crippen LogP) is 7.39. The second kappa shape index (κ2) is 10.9. The van der Waals surface area contributed by atoms with Gasteiger partial charge in [-0.25, -0.2) is 0 Å². The fraction of sp³-hybridized carbons (Fsp3) is 0.280. The lowest BCUT2D eigenvalue weighted by Crippen LogP contribution is -2.63. The number of halogens is 3. The van der Waals surface area contributed by atoms with Crippen LogP contribution >= 0.6 is 42.7 Å². The largest absolute Gasteiger partial charge is 0.433 e. The van der Waals surface area contributed by atoms with Crippen molar-refractivity contribution in [2.45, 2.75) is 45.8 Å². The third kappa shape index (κ3) is 7.52. The van der Waals surface area contributed by atoms with E-state index in [1.807, 2.05) is 30.3 Å². The molecule has 0 aromatic heterocycles. The van der Waals surface area contributed by atoms with E-state index in [9.17, 15) is 0 Å². The van der Waals surface area contributed by atoms with Crippen LogP contribution < -0.4 is 21.1 Å². The van der Waals surface area contributed by atoms with Crippen molar-refractivity contribution in [1.82, 2.24) is 0 Å². The third-order valence-electron chi connectivity index (χ3n) is 4.86. The van der Waals surface area contributed by atoms with Crippen LogP contribution in [0.4, 0.5) is 0 Å². The molecular formula is C25H32Cl3O2PSi3. The highest BCUT2D eigenvalue weighted by Crippen LogP contribution is 2.35. The van der Waals surface area contributed by atoms with Crippen LogP contribution in [0.15, 0.2) is 66.7 Å². The number of hydrogen-bond donors (Lipinski definition) is 0. The van der Waals surface area contributed by atoms with Crippen molar-refractivity contribution < 1.29 is 8.23 Å². The molecule has 0 radical (unpaired) electrons. The highest BCUT2D eigenvalue weighted by Gasteiger charge is 2.44. The summed E-state index contributed by atoms with van der Waals surface area (Å²) >= 11 is 19.1. The molecule has 0 saturated carbocycles. The molecule has 0 aliphatic carbocycles. The van der Waals surface area contributed by atoms with Crippen molar-refractivity contribution in [1.29, 1.82) is 0 Å². The first-order valence-electron chi connectivity index (χ1n) is 11.2. The summed E-state index contributed by atoms with van der Waals surface area (Å²) in [7, 11) is -7.61. The fourth-order valence-electron chi connectivity index (χ4n) is 3.97. The van der Waals surface area contributed by atoms with Gasteiger partial charge in [-0.2, -0.15) is 0 Å². The highest BCUT2D eigenvalue weighted by atomic mass is 35.5. The zero-order valence-corrected chi connectivity index (χ0v) is 26.9. The molecule has 2 nitrogen and oxygen atoms in total. The van der Waals surface area contributed by atoms with Crippen LogP contribution in [0.3, 0.4) is 0 Å². The summed E-state index contributed by atoms with van der Waals surface area (Å²) in [5, 5.41) is 6.84. The molecule has 3 aromatic rings. The van der Waals surface area contributed by atoms with Crippen LogP contribution in [0.1, 0.15) is 0 Å². The maximum Gasteiger partial charge on any atom is 0.349 e. The minimum absolute atomic E-state index is 0.693. The molecule has 0 fully saturated rings. The Balaban J connectivity index is 2.30. The van der Waals surface area contributed by atoms with Crippen molar-refractivity contribution in [2.75, 3.05) is 0 Å². The van der Waals surface area contributed by atoms with Crippen molar-refractivity contribution in [3.8, 4) is 0 Å². The Morgan fingerprint density at radius 2 is 0.941 bits per heavy atom. The van der Waals surface area contributed by atoms with Gasteiger partial charge in [-0.1, -0.05) is 65.1 Å². The molecule has 0 spiro atoms. The van der Waals surface area contributed by atoms with E-state index in [4.69, 9.17) is 43.0 Å². The molecule has 0 bridgehead atoms. The van der Waals surface area contributed by atoms with E-state index in [-0.39, 0.29) is 0 Å². The Labute approximate surface area is 223 Å². The maximum absolute atomic E-state index is 6.94. The van der Waals surface area contributed by atoms with Crippen molar-refractivity contribution >= 4 is 89.0 Å². The summed E-state index contributed by atoms with van der Waals surface area (Å²) < 4.78 is 13.9. The maximum atomic E-state index is 6.94. The molecule has 0 heterocycles. The Bertz CT molecular complexity index is 1070. The van der Waals surface area contributed by atoms with E-state index in [0.717, 1.165) is 15.2 Å². The highest BCUT2D eigenvalue weighted by molar-refractivity contribution is 7.80. The lowest BCUT2D eigenvalue weighted by Gasteiger charge is -2.40. The van der Waals surface area contributed by atoms with Gasteiger partial charge in [-0.3, -0.25) is 0 Å². The lowest BCUT2D eigenvalue weighted by molar-refractivity contribution is 0.405. The van der Waals surface area contributed by atoms with E-state index in [0.29, 0.717) is 5.02 Å². The third-order valence-corrected chi connectivity index (χ3v) is 17.7. The van der Waals surface area contributed by atoms with Gasteiger partial charge >= 0.3 is 8.56 Å². The monoisotopic (exact) mass is 584 g/mol.